The summed E-state index contributed by atoms with van der Waals surface area (Å²) in [4.78, 5) is 29.3. The SMILES string of the molecule is C=CCOC(=O)OC(CC)([N+](=O)[O-])[N+](=O)[O-]. The molecule has 0 heterocycles. The zero-order valence-electron chi connectivity index (χ0n) is 8.45. The van der Waals surface area contributed by atoms with Crippen molar-refractivity contribution < 1.29 is 24.1 Å². The molecule has 9 nitrogen and oxygen atoms in total. The maximum absolute atomic E-state index is 10.9. The van der Waals surface area contributed by atoms with Crippen molar-refractivity contribution in [3.8, 4) is 0 Å². The van der Waals surface area contributed by atoms with Crippen LogP contribution in [0.5, 0.6) is 0 Å². The summed E-state index contributed by atoms with van der Waals surface area (Å²) >= 11 is 0. The Labute approximate surface area is 89.9 Å². The molecule has 0 amide bonds. The molecule has 0 aliphatic carbocycles. The van der Waals surface area contributed by atoms with E-state index in [0.29, 0.717) is 0 Å². The third kappa shape index (κ3) is 2.90. The first-order valence-electron chi connectivity index (χ1n) is 4.16. The van der Waals surface area contributed by atoms with Crippen LogP contribution < -0.4 is 0 Å². The molecule has 0 rings (SSSR count). The van der Waals surface area contributed by atoms with Gasteiger partial charge in [-0.15, -0.1) is 0 Å². The summed E-state index contributed by atoms with van der Waals surface area (Å²) in [5.74, 6) is -3.00. The Bertz CT molecular complexity index is 300. The van der Waals surface area contributed by atoms with Crippen LogP contribution in [0.15, 0.2) is 12.7 Å². The van der Waals surface area contributed by atoms with Crippen LogP contribution in [0.4, 0.5) is 4.79 Å². The molecule has 0 aliphatic rings. The molecule has 9 heteroatoms. The highest BCUT2D eigenvalue weighted by Gasteiger charge is 2.60. The van der Waals surface area contributed by atoms with Gasteiger partial charge in [-0.2, -0.15) is 0 Å². The lowest BCUT2D eigenvalue weighted by Crippen LogP contribution is -2.49. The maximum Gasteiger partial charge on any atom is 0.623 e. The molecule has 0 aliphatic heterocycles. The molecule has 0 bridgehead atoms. The van der Waals surface area contributed by atoms with Crippen molar-refractivity contribution in [3.63, 3.8) is 0 Å². The Morgan fingerprint density at radius 1 is 1.44 bits per heavy atom. The Hall–Kier alpha value is -2.19. The van der Waals surface area contributed by atoms with Crippen molar-refractivity contribution in [1.29, 1.82) is 0 Å². The van der Waals surface area contributed by atoms with Crippen molar-refractivity contribution in [2.75, 3.05) is 6.61 Å². The standard InChI is InChI=1S/C7H10N2O7/c1-3-5-15-6(10)16-7(4-2,8(11)12)9(13)14/h3H,1,4-5H2,2H3. The van der Waals surface area contributed by atoms with Crippen molar-refractivity contribution in [2.45, 2.75) is 19.2 Å². The maximum atomic E-state index is 10.9. The second-order valence-corrected chi connectivity index (χ2v) is 2.56. The predicted octanol–water partition coefficient (Wildman–Crippen LogP) is 0.943. The number of nitrogens with zero attached hydrogens (tertiary/aromatic N) is 2. The molecule has 0 radical (unpaired) electrons. The molecule has 90 valence electrons. The Balaban J connectivity index is 4.80. The fourth-order valence-electron chi connectivity index (χ4n) is 0.761. The number of hydrogen-bond donors (Lipinski definition) is 0. The van der Waals surface area contributed by atoms with Gasteiger partial charge in [-0.05, 0) is 6.92 Å². The van der Waals surface area contributed by atoms with Gasteiger partial charge < -0.3 is 9.47 Å². The van der Waals surface area contributed by atoms with E-state index in [-0.39, 0.29) is 6.61 Å². The first-order chi connectivity index (χ1) is 7.40. The number of carbonyl (C=O) groups excluding carboxylic acids is 1. The molecule has 0 N–H and O–H groups in total. The number of nitro groups is 2. The minimum absolute atomic E-state index is 0.256. The predicted molar refractivity (Wildman–Crippen MR) is 49.6 cm³/mol. The first-order valence-corrected chi connectivity index (χ1v) is 4.16. The van der Waals surface area contributed by atoms with E-state index in [4.69, 9.17) is 0 Å². The normalized spacial score (nSPS) is 10.3. The highest BCUT2D eigenvalue weighted by atomic mass is 16.8. The zero-order chi connectivity index (χ0) is 12.8. The van der Waals surface area contributed by atoms with Crippen LogP contribution in [-0.4, -0.2) is 28.5 Å². The highest BCUT2D eigenvalue weighted by molar-refractivity contribution is 5.60. The van der Waals surface area contributed by atoms with E-state index in [2.05, 4.69) is 16.1 Å². The van der Waals surface area contributed by atoms with E-state index in [9.17, 15) is 25.0 Å². The molecular weight excluding hydrogens is 224 g/mol. The van der Waals surface area contributed by atoms with Crippen LogP contribution in [0, 0.1) is 20.2 Å². The molecular formula is C7H10N2O7. The molecule has 0 saturated carbocycles. The number of ether oxygens (including phenoxy) is 2. The average molecular weight is 234 g/mol. The lowest BCUT2D eigenvalue weighted by molar-refractivity contribution is -0.844. The summed E-state index contributed by atoms with van der Waals surface area (Å²) < 4.78 is 8.37. The molecule has 0 unspecified atom stereocenters. The zero-order valence-corrected chi connectivity index (χ0v) is 8.45. The molecule has 0 fully saturated rings. The summed E-state index contributed by atoms with van der Waals surface area (Å²) in [5, 5.41) is 21.0. The van der Waals surface area contributed by atoms with Crippen molar-refractivity contribution in [3.05, 3.63) is 32.9 Å². The molecule has 0 atom stereocenters. The van der Waals surface area contributed by atoms with Gasteiger partial charge in [0.05, 0.1) is 0 Å². The van der Waals surface area contributed by atoms with E-state index in [1.165, 1.54) is 6.08 Å². The third-order valence-corrected chi connectivity index (χ3v) is 1.60. The fraction of sp³-hybridized carbons (Fsp3) is 0.571. The van der Waals surface area contributed by atoms with Crippen molar-refractivity contribution in [2.24, 2.45) is 0 Å². The van der Waals surface area contributed by atoms with Gasteiger partial charge in [-0.1, -0.05) is 12.7 Å². The molecule has 0 aromatic rings. The highest BCUT2D eigenvalue weighted by Crippen LogP contribution is 2.18. The summed E-state index contributed by atoms with van der Waals surface area (Å²) in [6.45, 7) is 4.11. The van der Waals surface area contributed by atoms with Crippen molar-refractivity contribution in [1.82, 2.24) is 0 Å². The van der Waals surface area contributed by atoms with Crippen LogP contribution in [0.1, 0.15) is 13.3 Å². The number of carbonyl (C=O) groups is 1. The van der Waals surface area contributed by atoms with Crippen LogP contribution >= 0.6 is 0 Å². The van der Waals surface area contributed by atoms with Gasteiger partial charge in [0.25, 0.3) is 0 Å². The van der Waals surface area contributed by atoms with E-state index >= 15 is 0 Å². The van der Waals surface area contributed by atoms with Crippen molar-refractivity contribution >= 4 is 6.16 Å². The van der Waals surface area contributed by atoms with Gasteiger partial charge in [0.15, 0.2) is 0 Å². The van der Waals surface area contributed by atoms with E-state index < -0.39 is 28.3 Å². The first kappa shape index (κ1) is 13.8. The van der Waals surface area contributed by atoms with E-state index in [0.717, 1.165) is 6.92 Å². The summed E-state index contributed by atoms with van der Waals surface area (Å²) in [7, 11) is 0. The third-order valence-electron chi connectivity index (χ3n) is 1.60. The topological polar surface area (TPSA) is 122 Å². The van der Waals surface area contributed by atoms with Gasteiger partial charge in [-0.25, -0.2) is 4.79 Å². The number of rotatable bonds is 6. The second kappa shape index (κ2) is 5.63. The summed E-state index contributed by atoms with van der Waals surface area (Å²) in [6, 6.07) is 0. The van der Waals surface area contributed by atoms with Gasteiger partial charge in [0.2, 0.25) is 0 Å². The lowest BCUT2D eigenvalue weighted by atomic mass is 10.3. The minimum Gasteiger partial charge on any atom is -0.430 e. The van der Waals surface area contributed by atoms with Crippen LogP contribution in [0.25, 0.3) is 0 Å². The van der Waals surface area contributed by atoms with Crippen LogP contribution in [0.2, 0.25) is 0 Å². The number of hydrogen-bond acceptors (Lipinski definition) is 7. The van der Waals surface area contributed by atoms with E-state index in [1.807, 2.05) is 0 Å². The monoisotopic (exact) mass is 234 g/mol. The van der Waals surface area contributed by atoms with Gasteiger partial charge in [-0.3, -0.25) is 20.2 Å². The minimum atomic E-state index is -3.00. The van der Waals surface area contributed by atoms with Crippen LogP contribution in [0.3, 0.4) is 0 Å². The van der Waals surface area contributed by atoms with Gasteiger partial charge in [0, 0.05) is 0 Å². The Morgan fingerprint density at radius 2 is 1.94 bits per heavy atom. The lowest BCUT2D eigenvalue weighted by Gasteiger charge is -2.14. The summed E-state index contributed by atoms with van der Waals surface area (Å²) in [5.41, 5.74) is 0. The molecule has 0 aromatic heterocycles. The summed E-state index contributed by atoms with van der Waals surface area (Å²) in [6.07, 6.45) is -0.918. The molecule has 0 saturated heterocycles. The molecule has 0 aromatic carbocycles. The molecule has 0 spiro atoms. The van der Waals surface area contributed by atoms with E-state index in [1.54, 1.807) is 0 Å². The smallest absolute Gasteiger partial charge is 0.430 e. The largest absolute Gasteiger partial charge is 0.623 e. The van der Waals surface area contributed by atoms with Gasteiger partial charge in [0.1, 0.15) is 22.9 Å². The second-order valence-electron chi connectivity index (χ2n) is 2.56. The molecule has 16 heavy (non-hydrogen) atoms. The average Bonchev–Trinajstić information content (AvgIpc) is 2.22. The van der Waals surface area contributed by atoms with Gasteiger partial charge >= 0.3 is 12.0 Å². The Kier molecular flexibility index (Phi) is 4.86. The quantitative estimate of drug-likeness (QED) is 0.220. The Morgan fingerprint density at radius 3 is 2.25 bits per heavy atom. The van der Waals surface area contributed by atoms with Crippen LogP contribution in [-0.2, 0) is 9.47 Å². The fourth-order valence-corrected chi connectivity index (χ4v) is 0.761.